The van der Waals surface area contributed by atoms with Gasteiger partial charge in [-0.05, 0) is 61.2 Å². The lowest BCUT2D eigenvalue weighted by molar-refractivity contribution is 0.461. The summed E-state index contributed by atoms with van der Waals surface area (Å²) in [5, 5.41) is 3.57. The highest BCUT2D eigenvalue weighted by molar-refractivity contribution is 5.37. The van der Waals surface area contributed by atoms with Crippen molar-refractivity contribution in [3.8, 4) is 0 Å². The zero-order valence-electron chi connectivity index (χ0n) is 10.1. The van der Waals surface area contributed by atoms with E-state index in [4.69, 9.17) is 0 Å². The van der Waals surface area contributed by atoms with Crippen LogP contribution in [-0.2, 0) is 12.8 Å². The van der Waals surface area contributed by atoms with E-state index in [0.29, 0.717) is 5.41 Å². The van der Waals surface area contributed by atoms with Gasteiger partial charge in [-0.25, -0.2) is 0 Å². The highest BCUT2D eigenvalue weighted by Crippen LogP contribution is 2.60. The van der Waals surface area contributed by atoms with Crippen molar-refractivity contribution < 1.29 is 0 Å². The van der Waals surface area contributed by atoms with Crippen molar-refractivity contribution in [1.29, 1.82) is 0 Å². The van der Waals surface area contributed by atoms with Crippen LogP contribution in [0.15, 0.2) is 24.3 Å². The molecule has 16 heavy (non-hydrogen) atoms. The van der Waals surface area contributed by atoms with E-state index in [1.807, 2.05) is 0 Å². The second-order valence-electron chi connectivity index (χ2n) is 5.59. The number of fused-ring (bicyclic) bond motifs is 1. The topological polar surface area (TPSA) is 12.0 Å². The fourth-order valence-electron chi connectivity index (χ4n) is 3.33. The van der Waals surface area contributed by atoms with Crippen molar-refractivity contribution in [2.24, 2.45) is 11.3 Å². The van der Waals surface area contributed by atoms with E-state index in [9.17, 15) is 0 Å². The minimum absolute atomic E-state index is 0.657. The highest BCUT2D eigenvalue weighted by Gasteiger charge is 2.55. The fourth-order valence-corrected chi connectivity index (χ4v) is 3.33. The molecule has 1 aromatic carbocycles. The van der Waals surface area contributed by atoms with Gasteiger partial charge in [-0.3, -0.25) is 0 Å². The molecule has 1 N–H and O–H groups in total. The molecule has 2 aliphatic rings. The normalized spacial score (nSPS) is 24.7. The molecule has 0 saturated heterocycles. The molecule has 2 aliphatic carbocycles. The maximum absolute atomic E-state index is 3.57. The van der Waals surface area contributed by atoms with Crippen molar-refractivity contribution in [2.45, 2.75) is 32.6 Å². The van der Waals surface area contributed by atoms with Crippen molar-refractivity contribution in [2.75, 3.05) is 13.1 Å². The SMILES string of the molecule is CCCNCC1CC12Cc1ccccc1C2. The molecule has 1 fully saturated rings. The second-order valence-corrected chi connectivity index (χ2v) is 5.59. The van der Waals surface area contributed by atoms with Gasteiger partial charge in [-0.2, -0.15) is 0 Å². The molecule has 1 atom stereocenters. The van der Waals surface area contributed by atoms with Crippen LogP contribution in [0.25, 0.3) is 0 Å². The molecule has 1 saturated carbocycles. The standard InChI is InChI=1S/C15H21N/c1-2-7-16-11-14-10-15(14)8-12-5-3-4-6-13(12)9-15/h3-6,14,16H,2,7-11H2,1H3. The van der Waals surface area contributed by atoms with Gasteiger partial charge in [0.2, 0.25) is 0 Å². The summed E-state index contributed by atoms with van der Waals surface area (Å²) >= 11 is 0. The van der Waals surface area contributed by atoms with E-state index in [2.05, 4.69) is 36.5 Å². The van der Waals surface area contributed by atoms with Crippen LogP contribution < -0.4 is 5.32 Å². The summed E-state index contributed by atoms with van der Waals surface area (Å²) in [4.78, 5) is 0. The first-order valence-corrected chi connectivity index (χ1v) is 6.61. The summed E-state index contributed by atoms with van der Waals surface area (Å²) in [7, 11) is 0. The molecule has 1 aromatic rings. The molecule has 3 rings (SSSR count). The van der Waals surface area contributed by atoms with Crippen LogP contribution in [0.3, 0.4) is 0 Å². The molecule has 0 amide bonds. The van der Waals surface area contributed by atoms with Crippen molar-refractivity contribution in [1.82, 2.24) is 5.32 Å². The molecule has 1 heteroatoms. The third-order valence-electron chi connectivity index (χ3n) is 4.38. The maximum atomic E-state index is 3.57. The van der Waals surface area contributed by atoms with Gasteiger partial charge in [-0.15, -0.1) is 0 Å². The first kappa shape index (κ1) is 10.3. The monoisotopic (exact) mass is 215 g/mol. The molecule has 0 bridgehead atoms. The molecule has 86 valence electrons. The van der Waals surface area contributed by atoms with Gasteiger partial charge < -0.3 is 5.32 Å². The Bertz CT molecular complexity index is 358. The lowest BCUT2D eigenvalue weighted by Gasteiger charge is -2.08. The first-order chi connectivity index (χ1) is 7.84. The minimum Gasteiger partial charge on any atom is -0.316 e. The fraction of sp³-hybridized carbons (Fsp3) is 0.600. The average Bonchev–Trinajstić information content (AvgIpc) is 2.81. The van der Waals surface area contributed by atoms with Crippen molar-refractivity contribution in [3.63, 3.8) is 0 Å². The van der Waals surface area contributed by atoms with Gasteiger partial charge >= 0.3 is 0 Å². The van der Waals surface area contributed by atoms with E-state index in [1.165, 1.54) is 38.8 Å². The summed E-state index contributed by atoms with van der Waals surface area (Å²) in [5.74, 6) is 0.937. The van der Waals surface area contributed by atoms with E-state index in [1.54, 1.807) is 11.1 Å². The van der Waals surface area contributed by atoms with Crippen LogP contribution in [0.1, 0.15) is 30.9 Å². The van der Waals surface area contributed by atoms with E-state index in [0.717, 1.165) is 5.92 Å². The molecule has 0 radical (unpaired) electrons. The third-order valence-corrected chi connectivity index (χ3v) is 4.38. The van der Waals surface area contributed by atoms with Crippen LogP contribution >= 0.6 is 0 Å². The largest absolute Gasteiger partial charge is 0.316 e. The molecule has 0 aromatic heterocycles. The predicted molar refractivity (Wildman–Crippen MR) is 67.6 cm³/mol. The van der Waals surface area contributed by atoms with Gasteiger partial charge in [0.05, 0.1) is 0 Å². The summed E-state index contributed by atoms with van der Waals surface area (Å²) in [6, 6.07) is 9.01. The molecule has 1 spiro atoms. The predicted octanol–water partition coefficient (Wildman–Crippen LogP) is 2.79. The molecular weight excluding hydrogens is 194 g/mol. The highest BCUT2D eigenvalue weighted by atomic mass is 14.9. The summed E-state index contributed by atoms with van der Waals surface area (Å²) in [6.45, 7) is 4.66. The molecule has 0 heterocycles. The quantitative estimate of drug-likeness (QED) is 0.762. The molecule has 1 unspecified atom stereocenters. The number of hydrogen-bond donors (Lipinski definition) is 1. The van der Waals surface area contributed by atoms with Crippen LogP contribution in [0.2, 0.25) is 0 Å². The Morgan fingerprint density at radius 3 is 2.56 bits per heavy atom. The lowest BCUT2D eigenvalue weighted by Crippen LogP contribution is -2.20. The number of nitrogens with one attached hydrogen (secondary N) is 1. The minimum atomic E-state index is 0.657. The Labute approximate surface area is 98.3 Å². The van der Waals surface area contributed by atoms with E-state index >= 15 is 0 Å². The van der Waals surface area contributed by atoms with Crippen LogP contribution in [0, 0.1) is 11.3 Å². The number of benzene rings is 1. The van der Waals surface area contributed by atoms with Gasteiger partial charge in [0.25, 0.3) is 0 Å². The molecule has 1 nitrogen and oxygen atoms in total. The Hall–Kier alpha value is -0.820. The number of rotatable bonds is 4. The maximum Gasteiger partial charge on any atom is -0.00148 e. The average molecular weight is 215 g/mol. The van der Waals surface area contributed by atoms with Crippen molar-refractivity contribution >= 4 is 0 Å². The summed E-state index contributed by atoms with van der Waals surface area (Å²) < 4.78 is 0. The van der Waals surface area contributed by atoms with Gasteiger partial charge in [0, 0.05) is 0 Å². The Morgan fingerprint density at radius 2 is 1.94 bits per heavy atom. The Kier molecular flexibility index (Phi) is 2.51. The van der Waals surface area contributed by atoms with Crippen LogP contribution in [0.4, 0.5) is 0 Å². The van der Waals surface area contributed by atoms with Crippen LogP contribution in [0.5, 0.6) is 0 Å². The zero-order valence-corrected chi connectivity index (χ0v) is 10.1. The molecule has 0 aliphatic heterocycles. The van der Waals surface area contributed by atoms with Gasteiger partial charge in [-0.1, -0.05) is 31.2 Å². The Morgan fingerprint density at radius 1 is 1.25 bits per heavy atom. The van der Waals surface area contributed by atoms with Crippen molar-refractivity contribution in [3.05, 3.63) is 35.4 Å². The second kappa shape index (κ2) is 3.89. The third kappa shape index (κ3) is 1.67. The lowest BCUT2D eigenvalue weighted by atomic mass is 10.00. The first-order valence-electron chi connectivity index (χ1n) is 6.61. The smallest absolute Gasteiger partial charge is 0.00148 e. The van der Waals surface area contributed by atoms with Crippen LogP contribution in [-0.4, -0.2) is 13.1 Å². The summed E-state index contributed by atoms with van der Waals surface area (Å²) in [6.07, 6.45) is 5.36. The number of hydrogen-bond acceptors (Lipinski definition) is 1. The van der Waals surface area contributed by atoms with Gasteiger partial charge in [0.1, 0.15) is 0 Å². The van der Waals surface area contributed by atoms with E-state index < -0.39 is 0 Å². The Balaban J connectivity index is 1.60. The van der Waals surface area contributed by atoms with Gasteiger partial charge in [0.15, 0.2) is 0 Å². The zero-order chi connectivity index (χ0) is 11.0. The summed E-state index contributed by atoms with van der Waals surface area (Å²) in [5.41, 5.74) is 3.88. The van der Waals surface area contributed by atoms with E-state index in [-0.39, 0.29) is 0 Å². The molecular formula is C15H21N.